The molecular weight excluding hydrogens is 454 g/mol. The molecule has 6 heterocycles. The summed E-state index contributed by atoms with van der Waals surface area (Å²) in [6.07, 6.45) is 5.75. The predicted octanol–water partition coefficient (Wildman–Crippen LogP) is 2.68. The van der Waals surface area contributed by atoms with Crippen molar-refractivity contribution in [3.63, 3.8) is 0 Å². The standard InChI is InChI=1S/C23H23N7O3S/c1-32-20-15(4-13-6-26-29-18(13)28-20)27-19-17-14-3-2-12(5-16(14)34-21(17)25-11-24-19)22(31)30-7-23(8-30)9-33-10-23/h4,6,11-12H,2-3,5,7-10H2,1H3,(H,24,25,27)(H,26,28,29)/t12-/m0/s1. The van der Waals surface area contributed by atoms with Crippen molar-refractivity contribution in [3.05, 3.63) is 29.0 Å². The van der Waals surface area contributed by atoms with E-state index in [9.17, 15) is 4.79 Å². The molecule has 174 valence electrons. The molecule has 0 radical (unpaired) electrons. The number of amides is 1. The number of rotatable bonds is 4. The van der Waals surface area contributed by atoms with Crippen molar-refractivity contribution in [3.8, 4) is 5.88 Å². The summed E-state index contributed by atoms with van der Waals surface area (Å²) in [4.78, 5) is 30.9. The Morgan fingerprint density at radius 2 is 2.24 bits per heavy atom. The van der Waals surface area contributed by atoms with E-state index in [2.05, 4.69) is 30.5 Å². The SMILES string of the molecule is COc1nc2[nH]ncc2cc1Nc1ncnc2sc3c(c12)CC[C@H](C(=O)N1CC2(COC2)C1)C3. The summed E-state index contributed by atoms with van der Waals surface area (Å²) < 4.78 is 10.8. The van der Waals surface area contributed by atoms with Gasteiger partial charge < -0.3 is 19.7 Å². The summed E-state index contributed by atoms with van der Waals surface area (Å²) >= 11 is 1.67. The van der Waals surface area contributed by atoms with Crippen molar-refractivity contribution in [2.45, 2.75) is 19.3 Å². The quantitative estimate of drug-likeness (QED) is 0.461. The molecule has 4 aromatic heterocycles. The van der Waals surface area contributed by atoms with Crippen LogP contribution in [0, 0.1) is 11.3 Å². The van der Waals surface area contributed by atoms with Gasteiger partial charge in [0.25, 0.3) is 0 Å². The number of likely N-dealkylation sites (tertiary alicyclic amines) is 1. The van der Waals surface area contributed by atoms with Gasteiger partial charge in [-0.2, -0.15) is 10.1 Å². The maximum Gasteiger partial charge on any atom is 0.239 e. The monoisotopic (exact) mass is 477 g/mol. The molecule has 2 N–H and O–H groups in total. The molecule has 2 aliphatic heterocycles. The first-order valence-corrected chi connectivity index (χ1v) is 12.2. The molecule has 11 heteroatoms. The van der Waals surface area contributed by atoms with Gasteiger partial charge in [0.1, 0.15) is 22.7 Å². The Hall–Kier alpha value is -3.31. The number of hydrogen-bond acceptors (Lipinski definition) is 9. The van der Waals surface area contributed by atoms with Crippen LogP contribution in [0.3, 0.4) is 0 Å². The van der Waals surface area contributed by atoms with Gasteiger partial charge >= 0.3 is 0 Å². The van der Waals surface area contributed by atoms with E-state index in [0.717, 1.165) is 67.0 Å². The first kappa shape index (κ1) is 20.1. The van der Waals surface area contributed by atoms with Crippen LogP contribution < -0.4 is 10.1 Å². The fraction of sp³-hybridized carbons (Fsp3) is 0.435. The minimum atomic E-state index is 0.0380. The molecular formula is C23H23N7O3S. The third-order valence-corrected chi connectivity index (χ3v) is 8.38. The van der Waals surface area contributed by atoms with E-state index >= 15 is 0 Å². The average Bonchev–Trinajstić information content (AvgIpc) is 3.40. The minimum Gasteiger partial charge on any atom is -0.479 e. The fourth-order valence-corrected chi connectivity index (χ4v) is 6.67. The Balaban J connectivity index is 1.18. The lowest BCUT2D eigenvalue weighted by atomic mass is 9.76. The highest BCUT2D eigenvalue weighted by atomic mass is 32.1. The highest BCUT2D eigenvalue weighted by molar-refractivity contribution is 7.19. The van der Waals surface area contributed by atoms with Gasteiger partial charge in [-0.05, 0) is 30.9 Å². The summed E-state index contributed by atoms with van der Waals surface area (Å²) in [5, 5.41) is 12.2. The van der Waals surface area contributed by atoms with Crippen LogP contribution in [0.5, 0.6) is 5.88 Å². The van der Waals surface area contributed by atoms with Crippen LogP contribution in [-0.2, 0) is 22.4 Å². The number of pyridine rings is 1. The number of ether oxygens (including phenoxy) is 2. The number of thiophene rings is 1. The number of aromatic amines is 1. The van der Waals surface area contributed by atoms with E-state index in [4.69, 9.17) is 9.47 Å². The molecule has 0 bridgehead atoms. The molecule has 0 unspecified atom stereocenters. The molecule has 1 aliphatic carbocycles. The van der Waals surface area contributed by atoms with Crippen molar-refractivity contribution >= 4 is 50.0 Å². The lowest BCUT2D eigenvalue weighted by Gasteiger charge is -2.55. The molecule has 2 saturated heterocycles. The molecule has 3 aliphatic rings. The second-order valence-corrected chi connectivity index (χ2v) is 10.6. The van der Waals surface area contributed by atoms with E-state index in [0.29, 0.717) is 17.2 Å². The van der Waals surface area contributed by atoms with Gasteiger partial charge in [-0.1, -0.05) is 0 Å². The van der Waals surface area contributed by atoms with Gasteiger partial charge in [-0.25, -0.2) is 9.97 Å². The first-order chi connectivity index (χ1) is 16.6. The van der Waals surface area contributed by atoms with Gasteiger partial charge in [-0.3, -0.25) is 9.89 Å². The third-order valence-electron chi connectivity index (χ3n) is 7.21. The number of carbonyl (C=O) groups is 1. The van der Waals surface area contributed by atoms with Crippen LogP contribution in [0.4, 0.5) is 11.5 Å². The molecule has 1 amide bonds. The van der Waals surface area contributed by atoms with Crippen LogP contribution in [0.15, 0.2) is 18.6 Å². The zero-order valence-corrected chi connectivity index (χ0v) is 19.4. The zero-order chi connectivity index (χ0) is 22.9. The van der Waals surface area contributed by atoms with Crippen LogP contribution >= 0.6 is 11.3 Å². The Bertz CT molecular complexity index is 1440. The number of aromatic nitrogens is 5. The average molecular weight is 478 g/mol. The lowest BCUT2D eigenvalue weighted by Crippen LogP contribution is -2.68. The molecule has 34 heavy (non-hydrogen) atoms. The van der Waals surface area contributed by atoms with E-state index in [1.165, 1.54) is 10.4 Å². The smallest absolute Gasteiger partial charge is 0.239 e. The third kappa shape index (κ3) is 3.00. The number of nitrogens with one attached hydrogen (secondary N) is 2. The Morgan fingerprint density at radius 1 is 1.35 bits per heavy atom. The summed E-state index contributed by atoms with van der Waals surface area (Å²) in [6, 6.07) is 1.94. The number of anilines is 2. The van der Waals surface area contributed by atoms with E-state index < -0.39 is 0 Å². The second-order valence-electron chi connectivity index (χ2n) is 9.51. The second kappa shape index (κ2) is 7.34. The predicted molar refractivity (Wildman–Crippen MR) is 126 cm³/mol. The van der Waals surface area contributed by atoms with E-state index in [1.807, 2.05) is 11.0 Å². The van der Waals surface area contributed by atoms with Gasteiger partial charge in [0.15, 0.2) is 5.65 Å². The number of carbonyl (C=O) groups excluding carboxylic acids is 1. The van der Waals surface area contributed by atoms with Crippen molar-refractivity contribution in [1.29, 1.82) is 0 Å². The largest absolute Gasteiger partial charge is 0.479 e. The maximum absolute atomic E-state index is 13.1. The molecule has 0 saturated carbocycles. The summed E-state index contributed by atoms with van der Waals surface area (Å²) in [6.45, 7) is 3.28. The molecule has 7 rings (SSSR count). The van der Waals surface area contributed by atoms with Crippen LogP contribution in [0.25, 0.3) is 21.3 Å². The fourth-order valence-electron chi connectivity index (χ4n) is 5.40. The van der Waals surface area contributed by atoms with Crippen LogP contribution in [0.2, 0.25) is 0 Å². The zero-order valence-electron chi connectivity index (χ0n) is 18.6. The van der Waals surface area contributed by atoms with Gasteiger partial charge in [-0.15, -0.1) is 11.3 Å². The summed E-state index contributed by atoms with van der Waals surface area (Å²) in [5.74, 6) is 1.51. The highest BCUT2D eigenvalue weighted by Gasteiger charge is 2.51. The first-order valence-electron chi connectivity index (χ1n) is 11.4. The van der Waals surface area contributed by atoms with Gasteiger partial charge in [0, 0.05) is 29.3 Å². The topological polar surface area (TPSA) is 118 Å². The van der Waals surface area contributed by atoms with Gasteiger partial charge in [0.2, 0.25) is 11.8 Å². The Morgan fingerprint density at radius 3 is 3.03 bits per heavy atom. The Kier molecular flexibility index (Phi) is 4.34. The number of hydrogen-bond donors (Lipinski definition) is 2. The van der Waals surface area contributed by atoms with E-state index in [-0.39, 0.29) is 17.2 Å². The van der Waals surface area contributed by atoms with Crippen LogP contribution in [0.1, 0.15) is 16.9 Å². The maximum atomic E-state index is 13.1. The number of nitrogens with zero attached hydrogens (tertiary/aromatic N) is 5. The van der Waals surface area contributed by atoms with Crippen molar-refractivity contribution < 1.29 is 14.3 Å². The summed E-state index contributed by atoms with van der Waals surface area (Å²) in [5.41, 5.74) is 2.87. The van der Waals surface area contributed by atoms with Crippen molar-refractivity contribution in [2.75, 3.05) is 38.7 Å². The number of fused-ring (bicyclic) bond motifs is 4. The highest BCUT2D eigenvalue weighted by Crippen LogP contribution is 2.43. The number of aryl methyl sites for hydroxylation is 1. The minimum absolute atomic E-state index is 0.0380. The Labute approximate surface area is 198 Å². The van der Waals surface area contributed by atoms with E-state index in [1.54, 1.807) is 31.0 Å². The van der Waals surface area contributed by atoms with Crippen molar-refractivity contribution in [1.82, 2.24) is 30.0 Å². The molecule has 0 aromatic carbocycles. The lowest BCUT2D eigenvalue weighted by molar-refractivity contribution is -0.197. The van der Waals surface area contributed by atoms with Crippen LogP contribution in [-0.4, -0.2) is 69.4 Å². The molecule has 1 atom stereocenters. The van der Waals surface area contributed by atoms with Gasteiger partial charge in [0.05, 0.1) is 37.3 Å². The van der Waals surface area contributed by atoms with Crippen molar-refractivity contribution in [2.24, 2.45) is 11.3 Å². The number of methoxy groups -OCH3 is 1. The molecule has 2 fully saturated rings. The number of H-pyrrole nitrogens is 1. The molecule has 1 spiro atoms. The summed E-state index contributed by atoms with van der Waals surface area (Å²) in [7, 11) is 1.59. The molecule has 10 nitrogen and oxygen atoms in total. The normalized spacial score (nSPS) is 20.7. The molecule has 4 aromatic rings.